The maximum absolute atomic E-state index is 13.0. The number of carbonyl (C=O) groups excluding carboxylic acids is 1. The summed E-state index contributed by atoms with van der Waals surface area (Å²) in [5.74, 6) is 1.14. The van der Waals surface area contributed by atoms with Crippen molar-refractivity contribution in [3.8, 4) is 0 Å². The van der Waals surface area contributed by atoms with Gasteiger partial charge in [0.15, 0.2) is 0 Å². The number of alkyl halides is 3. The van der Waals surface area contributed by atoms with Gasteiger partial charge in [0.25, 0.3) is 0 Å². The van der Waals surface area contributed by atoms with E-state index in [9.17, 15) is 18.0 Å². The van der Waals surface area contributed by atoms with Crippen molar-refractivity contribution in [2.75, 3.05) is 18.0 Å². The molecular formula is C29H28ClF3N4O. The van der Waals surface area contributed by atoms with Gasteiger partial charge < -0.3 is 10.2 Å². The second-order valence-corrected chi connectivity index (χ2v) is 9.36. The summed E-state index contributed by atoms with van der Waals surface area (Å²) in [4.78, 5) is 24.2. The number of benzene rings is 3. The minimum atomic E-state index is -4.43. The molecule has 3 aromatic carbocycles. The topological polar surface area (TPSA) is 58.1 Å². The average molecular weight is 541 g/mol. The van der Waals surface area contributed by atoms with Gasteiger partial charge in [-0.15, -0.1) is 0 Å². The zero-order chi connectivity index (χ0) is 27.1. The molecular weight excluding hydrogens is 513 g/mol. The minimum absolute atomic E-state index is 0.0156. The smallest absolute Gasteiger partial charge is 0.355 e. The lowest BCUT2D eigenvalue weighted by Crippen LogP contribution is -2.33. The predicted octanol–water partition coefficient (Wildman–Crippen LogP) is 6.62. The largest absolute Gasteiger partial charge is 0.416 e. The Bertz CT molecular complexity index is 1400. The lowest BCUT2D eigenvalue weighted by Gasteiger charge is -2.25. The highest BCUT2D eigenvalue weighted by Crippen LogP contribution is 2.30. The molecule has 38 heavy (non-hydrogen) atoms. The molecule has 0 saturated heterocycles. The molecule has 0 saturated carbocycles. The van der Waals surface area contributed by atoms with Crippen LogP contribution in [0.1, 0.15) is 35.9 Å². The molecule has 5 nitrogen and oxygen atoms in total. The molecule has 9 heteroatoms. The average Bonchev–Trinajstić information content (AvgIpc) is 2.91. The van der Waals surface area contributed by atoms with Gasteiger partial charge >= 0.3 is 6.18 Å². The first-order valence-electron chi connectivity index (χ1n) is 12.4. The summed E-state index contributed by atoms with van der Waals surface area (Å²) < 4.78 is 39.0. The van der Waals surface area contributed by atoms with Gasteiger partial charge in [-0.1, -0.05) is 61.0 Å². The number of rotatable bonds is 10. The molecule has 4 aromatic rings. The van der Waals surface area contributed by atoms with Gasteiger partial charge in [-0.2, -0.15) is 13.2 Å². The van der Waals surface area contributed by atoms with Crippen molar-refractivity contribution >= 4 is 34.2 Å². The Labute approximate surface area is 224 Å². The Morgan fingerprint density at radius 1 is 0.947 bits per heavy atom. The number of anilines is 1. The monoisotopic (exact) mass is 540 g/mol. The third-order valence-electron chi connectivity index (χ3n) is 6.17. The summed E-state index contributed by atoms with van der Waals surface area (Å²) in [6, 6.07) is 20.5. The van der Waals surface area contributed by atoms with E-state index in [0.717, 1.165) is 40.8 Å². The SMILES string of the molecule is CCc1nc(N(CCC(=O)NCc2cccc(C(F)(F)F)c2)CCc2ccccc2)c2ccc(Cl)cc2n1. The summed E-state index contributed by atoms with van der Waals surface area (Å²) in [6.07, 6.45) is -2.90. The Kier molecular flexibility index (Phi) is 8.84. The van der Waals surface area contributed by atoms with E-state index in [1.165, 1.54) is 6.07 Å². The maximum atomic E-state index is 13.0. The Morgan fingerprint density at radius 2 is 1.71 bits per heavy atom. The first-order chi connectivity index (χ1) is 18.2. The molecule has 0 spiro atoms. The van der Waals surface area contributed by atoms with E-state index >= 15 is 0 Å². The molecule has 1 N–H and O–H groups in total. The number of aryl methyl sites for hydroxylation is 1. The summed E-state index contributed by atoms with van der Waals surface area (Å²) in [7, 11) is 0. The number of amides is 1. The van der Waals surface area contributed by atoms with Crippen molar-refractivity contribution in [1.29, 1.82) is 0 Å². The van der Waals surface area contributed by atoms with Crippen molar-refractivity contribution in [2.45, 2.75) is 38.9 Å². The van der Waals surface area contributed by atoms with Crippen LogP contribution in [0, 0.1) is 0 Å². The first-order valence-corrected chi connectivity index (χ1v) is 12.8. The Balaban J connectivity index is 1.51. The van der Waals surface area contributed by atoms with Gasteiger partial charge in [0.05, 0.1) is 11.1 Å². The Hall–Kier alpha value is -3.65. The van der Waals surface area contributed by atoms with E-state index in [1.807, 2.05) is 31.2 Å². The van der Waals surface area contributed by atoms with Gasteiger partial charge in [0.2, 0.25) is 5.91 Å². The third-order valence-corrected chi connectivity index (χ3v) is 6.40. The van der Waals surface area contributed by atoms with Crippen molar-refractivity contribution in [2.24, 2.45) is 0 Å². The molecule has 1 aromatic heterocycles. The van der Waals surface area contributed by atoms with Crippen LogP contribution in [0.3, 0.4) is 0 Å². The molecule has 0 aliphatic rings. The number of fused-ring (bicyclic) bond motifs is 1. The maximum Gasteiger partial charge on any atom is 0.416 e. The minimum Gasteiger partial charge on any atom is -0.355 e. The van der Waals surface area contributed by atoms with E-state index in [-0.39, 0.29) is 18.9 Å². The van der Waals surface area contributed by atoms with Crippen molar-refractivity contribution in [1.82, 2.24) is 15.3 Å². The zero-order valence-corrected chi connectivity index (χ0v) is 21.7. The lowest BCUT2D eigenvalue weighted by molar-refractivity contribution is -0.137. The van der Waals surface area contributed by atoms with Crippen LogP contribution in [0.2, 0.25) is 5.02 Å². The Morgan fingerprint density at radius 3 is 2.45 bits per heavy atom. The van der Waals surface area contributed by atoms with Crippen LogP contribution in [0.15, 0.2) is 72.8 Å². The van der Waals surface area contributed by atoms with Gasteiger partial charge in [-0.05, 0) is 47.9 Å². The molecule has 0 aliphatic carbocycles. The number of hydrogen-bond acceptors (Lipinski definition) is 4. The summed E-state index contributed by atoms with van der Waals surface area (Å²) in [5.41, 5.74) is 1.54. The molecule has 0 unspecified atom stereocenters. The molecule has 0 fully saturated rings. The first kappa shape index (κ1) is 27.4. The predicted molar refractivity (Wildman–Crippen MR) is 144 cm³/mol. The second-order valence-electron chi connectivity index (χ2n) is 8.93. The fourth-order valence-corrected chi connectivity index (χ4v) is 4.31. The highest BCUT2D eigenvalue weighted by molar-refractivity contribution is 6.31. The van der Waals surface area contributed by atoms with Crippen LogP contribution in [0.25, 0.3) is 10.9 Å². The summed E-state index contributed by atoms with van der Waals surface area (Å²) >= 11 is 6.22. The van der Waals surface area contributed by atoms with E-state index in [0.29, 0.717) is 35.9 Å². The molecule has 198 valence electrons. The molecule has 0 bridgehead atoms. The normalized spacial score (nSPS) is 11.5. The van der Waals surface area contributed by atoms with Crippen molar-refractivity contribution in [3.05, 3.63) is 100 Å². The van der Waals surface area contributed by atoms with Gasteiger partial charge in [0.1, 0.15) is 11.6 Å². The number of nitrogens with zero attached hydrogens (tertiary/aromatic N) is 3. The molecule has 4 rings (SSSR count). The quantitative estimate of drug-likeness (QED) is 0.245. The molecule has 0 atom stereocenters. The molecule has 0 aliphatic heterocycles. The molecule has 0 radical (unpaired) electrons. The number of hydrogen-bond donors (Lipinski definition) is 1. The van der Waals surface area contributed by atoms with Gasteiger partial charge in [-0.25, -0.2) is 9.97 Å². The fraction of sp³-hybridized carbons (Fsp3) is 0.276. The number of nitrogens with one attached hydrogen (secondary N) is 1. The van der Waals surface area contributed by atoms with E-state index < -0.39 is 11.7 Å². The summed E-state index contributed by atoms with van der Waals surface area (Å²) in [5, 5.41) is 4.16. The van der Waals surface area contributed by atoms with Crippen LogP contribution in [0.5, 0.6) is 0 Å². The fourth-order valence-electron chi connectivity index (χ4n) is 4.15. The standard InChI is InChI=1S/C29H28ClF3N4O/c1-2-26-35-25-18-23(30)11-12-24(25)28(36-26)37(15-13-20-7-4-3-5-8-20)16-14-27(38)34-19-21-9-6-10-22(17-21)29(31,32)33/h3-12,17-18H,2,13-16,19H2,1H3,(H,34,38). The van der Waals surface area contributed by atoms with Crippen LogP contribution < -0.4 is 10.2 Å². The van der Waals surface area contributed by atoms with Crippen molar-refractivity contribution in [3.63, 3.8) is 0 Å². The van der Waals surface area contributed by atoms with E-state index in [4.69, 9.17) is 16.6 Å². The molecule has 1 heterocycles. The van der Waals surface area contributed by atoms with Gasteiger partial charge in [-0.3, -0.25) is 4.79 Å². The van der Waals surface area contributed by atoms with E-state index in [2.05, 4.69) is 27.3 Å². The van der Waals surface area contributed by atoms with Gasteiger partial charge in [0, 0.05) is 42.9 Å². The lowest BCUT2D eigenvalue weighted by atomic mass is 10.1. The van der Waals surface area contributed by atoms with E-state index in [1.54, 1.807) is 18.2 Å². The van der Waals surface area contributed by atoms with Crippen LogP contribution in [-0.2, 0) is 30.4 Å². The molecule has 1 amide bonds. The second kappa shape index (κ2) is 12.3. The zero-order valence-electron chi connectivity index (χ0n) is 20.9. The van der Waals surface area contributed by atoms with Crippen LogP contribution in [0.4, 0.5) is 19.0 Å². The number of carbonyl (C=O) groups is 1. The highest BCUT2D eigenvalue weighted by Gasteiger charge is 2.30. The van der Waals surface area contributed by atoms with Crippen LogP contribution >= 0.6 is 11.6 Å². The summed E-state index contributed by atoms with van der Waals surface area (Å²) in [6.45, 7) is 2.98. The van der Waals surface area contributed by atoms with Crippen molar-refractivity contribution < 1.29 is 18.0 Å². The van der Waals surface area contributed by atoms with Crippen LogP contribution in [-0.4, -0.2) is 29.0 Å². The third kappa shape index (κ3) is 7.22. The number of aromatic nitrogens is 2. The number of halogens is 4. The highest BCUT2D eigenvalue weighted by atomic mass is 35.5.